The maximum Gasteiger partial charge on any atom is 0.407 e. The van der Waals surface area contributed by atoms with Gasteiger partial charge in [-0.1, -0.05) is 49.3 Å². The zero-order valence-electron chi connectivity index (χ0n) is 18.3. The summed E-state index contributed by atoms with van der Waals surface area (Å²) in [5.41, 5.74) is -0.267. The Kier molecular flexibility index (Phi) is 6.97. The van der Waals surface area contributed by atoms with Gasteiger partial charge in [0.05, 0.1) is 17.5 Å². The number of benzene rings is 1. The van der Waals surface area contributed by atoms with E-state index in [0.29, 0.717) is 17.4 Å². The van der Waals surface area contributed by atoms with Gasteiger partial charge in [0.25, 0.3) is 11.8 Å². The number of hydrogen-bond acceptors (Lipinski definition) is 6. The number of imide groups is 1. The SMILES string of the molecule is CC(C)(C)OC(=O)N[C@@H](CC(=O)ON1C(=O)c2ccccc2C1=O)CC1CCCCC1. The Morgan fingerprint density at radius 2 is 1.65 bits per heavy atom. The molecule has 0 aromatic heterocycles. The van der Waals surface area contributed by atoms with Crippen molar-refractivity contribution in [1.82, 2.24) is 10.4 Å². The van der Waals surface area contributed by atoms with Gasteiger partial charge in [-0.25, -0.2) is 9.59 Å². The molecule has 1 saturated carbocycles. The van der Waals surface area contributed by atoms with Gasteiger partial charge in [-0.2, -0.15) is 0 Å². The normalized spacial score (nSPS) is 17.8. The largest absolute Gasteiger partial charge is 0.444 e. The summed E-state index contributed by atoms with van der Waals surface area (Å²) < 4.78 is 5.33. The fourth-order valence-electron chi connectivity index (χ4n) is 4.08. The van der Waals surface area contributed by atoms with Gasteiger partial charge in [0.2, 0.25) is 0 Å². The van der Waals surface area contributed by atoms with E-state index in [2.05, 4.69) is 5.32 Å². The number of hydrogen-bond donors (Lipinski definition) is 1. The van der Waals surface area contributed by atoms with Gasteiger partial charge in [-0.3, -0.25) is 9.59 Å². The average molecular weight is 431 g/mol. The first-order valence-corrected chi connectivity index (χ1v) is 10.8. The number of ether oxygens (including phenoxy) is 1. The van der Waals surface area contributed by atoms with Crippen LogP contribution in [0.3, 0.4) is 0 Å². The van der Waals surface area contributed by atoms with Crippen LogP contribution in [0.15, 0.2) is 24.3 Å². The first kappa shape index (κ1) is 22.8. The van der Waals surface area contributed by atoms with Crippen LogP contribution in [-0.2, 0) is 14.4 Å². The number of amides is 3. The number of fused-ring (bicyclic) bond motifs is 1. The van der Waals surface area contributed by atoms with E-state index in [4.69, 9.17) is 9.57 Å². The number of carbonyl (C=O) groups is 4. The number of hydroxylamine groups is 2. The molecule has 0 radical (unpaired) electrons. The molecule has 1 fully saturated rings. The predicted octanol–water partition coefficient (Wildman–Crippen LogP) is 3.99. The third-order valence-corrected chi connectivity index (χ3v) is 5.43. The molecule has 8 nitrogen and oxygen atoms in total. The maximum atomic E-state index is 12.6. The first-order chi connectivity index (χ1) is 14.6. The van der Waals surface area contributed by atoms with Gasteiger partial charge in [-0.15, -0.1) is 0 Å². The molecule has 1 atom stereocenters. The molecular weight excluding hydrogens is 400 g/mol. The van der Waals surface area contributed by atoms with Crippen molar-refractivity contribution >= 4 is 23.9 Å². The van der Waals surface area contributed by atoms with Crippen molar-refractivity contribution in [2.24, 2.45) is 5.92 Å². The minimum absolute atomic E-state index is 0.164. The van der Waals surface area contributed by atoms with Crippen molar-refractivity contribution in [3.05, 3.63) is 35.4 Å². The summed E-state index contributed by atoms with van der Waals surface area (Å²) in [6.45, 7) is 5.29. The minimum atomic E-state index is -0.758. The van der Waals surface area contributed by atoms with Crippen molar-refractivity contribution < 1.29 is 28.8 Å². The van der Waals surface area contributed by atoms with E-state index in [1.54, 1.807) is 32.9 Å². The number of carbonyl (C=O) groups excluding carboxylic acids is 4. The zero-order chi connectivity index (χ0) is 22.6. The first-order valence-electron chi connectivity index (χ1n) is 10.8. The molecule has 3 amide bonds. The van der Waals surface area contributed by atoms with Gasteiger partial charge in [0, 0.05) is 6.04 Å². The molecule has 0 unspecified atom stereocenters. The zero-order valence-corrected chi connectivity index (χ0v) is 18.3. The van der Waals surface area contributed by atoms with E-state index < -0.39 is 35.5 Å². The van der Waals surface area contributed by atoms with Gasteiger partial charge < -0.3 is 14.9 Å². The van der Waals surface area contributed by atoms with Crippen LogP contribution in [-0.4, -0.2) is 40.6 Å². The highest BCUT2D eigenvalue weighted by molar-refractivity contribution is 6.20. The average Bonchev–Trinajstić information content (AvgIpc) is 2.92. The molecule has 2 aliphatic rings. The van der Waals surface area contributed by atoms with E-state index in [1.807, 2.05) is 0 Å². The third-order valence-electron chi connectivity index (χ3n) is 5.43. The Morgan fingerprint density at radius 3 is 2.19 bits per heavy atom. The molecule has 1 heterocycles. The molecule has 1 N–H and O–H groups in total. The summed E-state index contributed by atoms with van der Waals surface area (Å²) in [5, 5.41) is 3.26. The van der Waals surface area contributed by atoms with Gasteiger partial charge in [-0.05, 0) is 45.2 Å². The summed E-state index contributed by atoms with van der Waals surface area (Å²) >= 11 is 0. The minimum Gasteiger partial charge on any atom is -0.444 e. The van der Waals surface area contributed by atoms with Crippen LogP contribution in [0.2, 0.25) is 0 Å². The smallest absolute Gasteiger partial charge is 0.407 e. The highest BCUT2D eigenvalue weighted by Crippen LogP contribution is 2.29. The molecule has 1 aromatic carbocycles. The van der Waals surface area contributed by atoms with E-state index in [1.165, 1.54) is 18.6 Å². The molecule has 1 aliphatic heterocycles. The summed E-state index contributed by atoms with van der Waals surface area (Å²) in [6, 6.07) is 5.79. The lowest BCUT2D eigenvalue weighted by atomic mass is 9.84. The summed E-state index contributed by atoms with van der Waals surface area (Å²) in [6.07, 6.45) is 5.37. The van der Waals surface area contributed by atoms with Crippen LogP contribution >= 0.6 is 0 Å². The monoisotopic (exact) mass is 430 g/mol. The number of alkyl carbamates (subject to hydrolysis) is 1. The third kappa shape index (κ3) is 6.06. The van der Waals surface area contributed by atoms with E-state index >= 15 is 0 Å². The van der Waals surface area contributed by atoms with Crippen molar-refractivity contribution in [1.29, 1.82) is 0 Å². The highest BCUT2D eigenvalue weighted by atomic mass is 16.7. The van der Waals surface area contributed by atoms with Crippen LogP contribution in [0.4, 0.5) is 4.79 Å². The summed E-state index contributed by atoms with van der Waals surface area (Å²) in [5.74, 6) is -1.71. The molecule has 31 heavy (non-hydrogen) atoms. The molecule has 1 aromatic rings. The van der Waals surface area contributed by atoms with Crippen molar-refractivity contribution in [3.63, 3.8) is 0 Å². The fraction of sp³-hybridized carbons (Fsp3) is 0.565. The molecule has 8 heteroatoms. The molecule has 0 saturated heterocycles. The van der Waals surface area contributed by atoms with E-state index in [-0.39, 0.29) is 17.5 Å². The molecule has 0 bridgehead atoms. The standard InChI is InChI=1S/C23H30N2O6/c1-23(2,3)30-22(29)24-16(13-15-9-5-4-6-10-15)14-19(26)31-25-20(27)17-11-7-8-12-18(17)21(25)28/h7-8,11-12,15-16H,4-6,9-10,13-14H2,1-3H3,(H,24,29)/t16-/m1/s1. The van der Waals surface area contributed by atoms with Gasteiger partial charge >= 0.3 is 12.1 Å². The van der Waals surface area contributed by atoms with Crippen LogP contribution in [0, 0.1) is 5.92 Å². The second-order valence-corrected chi connectivity index (χ2v) is 9.20. The molecule has 168 valence electrons. The molecule has 3 rings (SSSR count). The fourth-order valence-corrected chi connectivity index (χ4v) is 4.08. The Morgan fingerprint density at radius 1 is 1.06 bits per heavy atom. The van der Waals surface area contributed by atoms with Gasteiger partial charge in [0.15, 0.2) is 0 Å². The summed E-state index contributed by atoms with van der Waals surface area (Å²) in [4.78, 5) is 54.8. The number of rotatable bonds is 6. The van der Waals surface area contributed by atoms with Crippen molar-refractivity contribution in [3.8, 4) is 0 Å². The molecule has 1 aliphatic carbocycles. The second kappa shape index (κ2) is 9.49. The Labute approximate surface area is 182 Å². The highest BCUT2D eigenvalue weighted by Gasteiger charge is 2.39. The topological polar surface area (TPSA) is 102 Å². The second-order valence-electron chi connectivity index (χ2n) is 9.20. The van der Waals surface area contributed by atoms with Crippen LogP contribution in [0.1, 0.15) is 86.4 Å². The molecular formula is C23H30N2O6. The Hall–Kier alpha value is -2.90. The van der Waals surface area contributed by atoms with Crippen molar-refractivity contribution in [2.45, 2.75) is 77.4 Å². The summed E-state index contributed by atoms with van der Waals surface area (Å²) in [7, 11) is 0. The number of nitrogens with zero attached hydrogens (tertiary/aromatic N) is 1. The molecule has 0 spiro atoms. The lowest BCUT2D eigenvalue weighted by molar-refractivity contribution is -0.169. The van der Waals surface area contributed by atoms with E-state index in [0.717, 1.165) is 25.7 Å². The van der Waals surface area contributed by atoms with E-state index in [9.17, 15) is 19.2 Å². The van der Waals surface area contributed by atoms with Crippen LogP contribution in [0.5, 0.6) is 0 Å². The lowest BCUT2D eigenvalue weighted by Gasteiger charge is -2.28. The van der Waals surface area contributed by atoms with Crippen LogP contribution < -0.4 is 5.32 Å². The lowest BCUT2D eigenvalue weighted by Crippen LogP contribution is -2.42. The Balaban J connectivity index is 1.63. The van der Waals surface area contributed by atoms with Crippen molar-refractivity contribution in [2.75, 3.05) is 0 Å². The maximum absolute atomic E-state index is 12.6. The number of nitrogens with one attached hydrogen (secondary N) is 1. The van der Waals surface area contributed by atoms with Gasteiger partial charge in [0.1, 0.15) is 5.60 Å². The quantitative estimate of drug-likeness (QED) is 0.685. The Bertz CT molecular complexity index is 819. The van der Waals surface area contributed by atoms with Crippen LogP contribution in [0.25, 0.3) is 0 Å². The predicted molar refractivity (Wildman–Crippen MR) is 112 cm³/mol.